The smallest absolute Gasteiger partial charge is 0.234 e. The Kier molecular flexibility index (Phi) is 8.19. The number of aryl methyl sites for hydroxylation is 1. The molecule has 4 aromatic rings. The number of nitrogens with one attached hydrogen (secondary N) is 1. The van der Waals surface area contributed by atoms with E-state index in [0.717, 1.165) is 11.3 Å². The van der Waals surface area contributed by atoms with E-state index in [0.29, 0.717) is 45.2 Å². The van der Waals surface area contributed by atoms with E-state index in [4.69, 9.17) is 18.9 Å². The molecule has 0 radical (unpaired) electrons. The Morgan fingerprint density at radius 1 is 0.865 bits per heavy atom. The highest BCUT2D eigenvalue weighted by molar-refractivity contribution is 7.99. The molecular formula is C27H28N4O5S. The highest BCUT2D eigenvalue weighted by Crippen LogP contribution is 2.41. The average molecular weight is 521 g/mol. The summed E-state index contributed by atoms with van der Waals surface area (Å²) in [5.41, 5.74) is 3.30. The zero-order valence-electron chi connectivity index (χ0n) is 21.3. The number of carbonyl (C=O) groups is 1. The topological polar surface area (TPSA) is 96.7 Å². The van der Waals surface area contributed by atoms with Crippen LogP contribution in [0.1, 0.15) is 5.56 Å². The van der Waals surface area contributed by atoms with Crippen LogP contribution in [0.4, 0.5) is 5.69 Å². The molecule has 0 bridgehead atoms. The van der Waals surface area contributed by atoms with Crippen LogP contribution < -0.4 is 24.3 Å². The molecule has 0 aliphatic heterocycles. The van der Waals surface area contributed by atoms with E-state index in [2.05, 4.69) is 15.5 Å². The number of amides is 1. The molecule has 37 heavy (non-hydrogen) atoms. The van der Waals surface area contributed by atoms with Gasteiger partial charge >= 0.3 is 0 Å². The average Bonchev–Trinajstić information content (AvgIpc) is 3.35. The normalized spacial score (nSPS) is 10.6. The van der Waals surface area contributed by atoms with Gasteiger partial charge in [0.15, 0.2) is 22.5 Å². The van der Waals surface area contributed by atoms with Crippen LogP contribution in [0.3, 0.4) is 0 Å². The third-order valence-corrected chi connectivity index (χ3v) is 6.49. The van der Waals surface area contributed by atoms with E-state index in [1.807, 2.05) is 60.0 Å². The lowest BCUT2D eigenvalue weighted by Crippen LogP contribution is -2.15. The van der Waals surface area contributed by atoms with E-state index in [9.17, 15) is 4.79 Å². The van der Waals surface area contributed by atoms with Crippen LogP contribution in [-0.2, 0) is 4.79 Å². The number of thioether (sulfide) groups is 1. The maximum Gasteiger partial charge on any atom is 0.234 e. The van der Waals surface area contributed by atoms with Crippen LogP contribution >= 0.6 is 11.8 Å². The van der Waals surface area contributed by atoms with Crippen LogP contribution in [0.2, 0.25) is 0 Å². The lowest BCUT2D eigenvalue weighted by molar-refractivity contribution is -0.113. The first kappa shape index (κ1) is 25.9. The van der Waals surface area contributed by atoms with Crippen molar-refractivity contribution in [1.29, 1.82) is 0 Å². The van der Waals surface area contributed by atoms with Crippen LogP contribution in [-0.4, -0.2) is 54.9 Å². The second-order valence-corrected chi connectivity index (χ2v) is 8.87. The summed E-state index contributed by atoms with van der Waals surface area (Å²) in [7, 11) is 6.24. The molecule has 0 atom stereocenters. The Balaban J connectivity index is 1.69. The number of rotatable bonds is 10. The van der Waals surface area contributed by atoms with Crippen molar-refractivity contribution < 1.29 is 23.7 Å². The SMILES string of the molecule is COc1ccccc1NC(=O)CSc1nnc(-c2cc(OC)c(OC)c(OC)c2)n1-c1ccc(C)cc1. The summed E-state index contributed by atoms with van der Waals surface area (Å²) in [5, 5.41) is 12.3. The molecule has 10 heteroatoms. The van der Waals surface area contributed by atoms with E-state index < -0.39 is 0 Å². The number of anilines is 1. The highest BCUT2D eigenvalue weighted by atomic mass is 32.2. The van der Waals surface area contributed by atoms with E-state index in [-0.39, 0.29) is 11.7 Å². The van der Waals surface area contributed by atoms with Gasteiger partial charge in [-0.25, -0.2) is 0 Å². The maximum atomic E-state index is 12.8. The number of methoxy groups -OCH3 is 4. The second-order valence-electron chi connectivity index (χ2n) is 7.93. The van der Waals surface area contributed by atoms with Gasteiger partial charge in [-0.1, -0.05) is 41.6 Å². The zero-order valence-corrected chi connectivity index (χ0v) is 22.1. The van der Waals surface area contributed by atoms with Gasteiger partial charge in [-0.3, -0.25) is 9.36 Å². The third kappa shape index (κ3) is 5.64. The van der Waals surface area contributed by atoms with Gasteiger partial charge < -0.3 is 24.3 Å². The van der Waals surface area contributed by atoms with Gasteiger partial charge in [0.1, 0.15) is 5.75 Å². The number of hydrogen-bond acceptors (Lipinski definition) is 8. The van der Waals surface area contributed by atoms with Crippen molar-refractivity contribution in [3.8, 4) is 40.1 Å². The Hall–Kier alpha value is -4.18. The Morgan fingerprint density at radius 2 is 1.51 bits per heavy atom. The van der Waals surface area contributed by atoms with Gasteiger partial charge in [0.2, 0.25) is 11.7 Å². The lowest BCUT2D eigenvalue weighted by atomic mass is 10.1. The maximum absolute atomic E-state index is 12.8. The third-order valence-electron chi connectivity index (χ3n) is 5.56. The van der Waals surface area contributed by atoms with Crippen LogP contribution in [0.5, 0.6) is 23.0 Å². The predicted octanol–water partition coefficient (Wildman–Crippen LogP) is 5.01. The van der Waals surface area contributed by atoms with E-state index in [1.165, 1.54) is 11.8 Å². The molecule has 3 aromatic carbocycles. The first-order valence-corrected chi connectivity index (χ1v) is 12.4. The summed E-state index contributed by atoms with van der Waals surface area (Å²) in [6.07, 6.45) is 0. The molecule has 1 heterocycles. The molecule has 1 N–H and O–H groups in total. The number of hydrogen-bond donors (Lipinski definition) is 1. The van der Waals surface area contributed by atoms with E-state index >= 15 is 0 Å². The quantitative estimate of drug-likeness (QED) is 0.292. The molecule has 0 fully saturated rings. The minimum atomic E-state index is -0.192. The summed E-state index contributed by atoms with van der Waals surface area (Å²) >= 11 is 1.28. The molecule has 1 aromatic heterocycles. The number of ether oxygens (including phenoxy) is 4. The Labute approximate surface area is 219 Å². The van der Waals surface area contributed by atoms with Crippen molar-refractivity contribution >= 4 is 23.4 Å². The second kappa shape index (κ2) is 11.7. The molecular weight excluding hydrogens is 492 g/mol. The van der Waals surface area contributed by atoms with Crippen molar-refractivity contribution in [1.82, 2.24) is 14.8 Å². The zero-order chi connectivity index (χ0) is 26.4. The molecule has 9 nitrogen and oxygen atoms in total. The minimum Gasteiger partial charge on any atom is -0.495 e. The number of carbonyl (C=O) groups excluding carboxylic acids is 1. The molecule has 0 spiro atoms. The van der Waals surface area contributed by atoms with Crippen LogP contribution in [0.25, 0.3) is 17.1 Å². The fraction of sp³-hybridized carbons (Fsp3) is 0.222. The molecule has 0 saturated heterocycles. The summed E-state index contributed by atoms with van der Waals surface area (Å²) in [6, 6.07) is 18.9. The molecule has 4 rings (SSSR count). The van der Waals surface area contributed by atoms with Gasteiger partial charge in [0.25, 0.3) is 0 Å². The number of nitrogens with zero attached hydrogens (tertiary/aromatic N) is 3. The largest absolute Gasteiger partial charge is 0.495 e. The Morgan fingerprint density at radius 3 is 2.14 bits per heavy atom. The van der Waals surface area contributed by atoms with Crippen LogP contribution in [0.15, 0.2) is 65.8 Å². The molecule has 192 valence electrons. The first-order valence-electron chi connectivity index (χ1n) is 11.4. The summed E-state index contributed by atoms with van der Waals surface area (Å²) < 4.78 is 23.8. The van der Waals surface area contributed by atoms with Crippen molar-refractivity contribution in [2.75, 3.05) is 39.5 Å². The van der Waals surface area contributed by atoms with Gasteiger partial charge in [0.05, 0.1) is 39.9 Å². The molecule has 0 unspecified atom stereocenters. The number of para-hydroxylation sites is 2. The van der Waals surface area contributed by atoms with Crippen molar-refractivity contribution in [3.05, 3.63) is 66.2 Å². The molecule has 0 aliphatic rings. The number of benzene rings is 3. The van der Waals surface area contributed by atoms with Crippen molar-refractivity contribution in [2.45, 2.75) is 12.1 Å². The molecule has 0 saturated carbocycles. The summed E-state index contributed by atoms with van der Waals surface area (Å²) in [4.78, 5) is 12.8. The molecule has 0 aliphatic carbocycles. The number of aromatic nitrogens is 3. The first-order chi connectivity index (χ1) is 18.0. The van der Waals surface area contributed by atoms with Crippen molar-refractivity contribution in [2.24, 2.45) is 0 Å². The Bertz CT molecular complexity index is 1360. The fourth-order valence-electron chi connectivity index (χ4n) is 3.75. The van der Waals surface area contributed by atoms with Gasteiger partial charge in [-0.2, -0.15) is 0 Å². The van der Waals surface area contributed by atoms with E-state index in [1.54, 1.807) is 40.6 Å². The fourth-order valence-corrected chi connectivity index (χ4v) is 4.50. The van der Waals surface area contributed by atoms with Gasteiger partial charge in [-0.15, -0.1) is 10.2 Å². The van der Waals surface area contributed by atoms with Crippen molar-refractivity contribution in [3.63, 3.8) is 0 Å². The van der Waals surface area contributed by atoms with Crippen LogP contribution in [0, 0.1) is 6.92 Å². The molecule has 1 amide bonds. The summed E-state index contributed by atoms with van der Waals surface area (Å²) in [5.74, 6) is 2.57. The van der Waals surface area contributed by atoms with Gasteiger partial charge in [0, 0.05) is 11.3 Å². The minimum absolute atomic E-state index is 0.122. The monoisotopic (exact) mass is 520 g/mol. The van der Waals surface area contributed by atoms with Gasteiger partial charge in [-0.05, 0) is 43.3 Å². The standard InChI is InChI=1S/C27H28N4O5S/c1-17-10-12-19(13-11-17)31-26(18-14-22(34-3)25(36-5)23(15-18)35-4)29-30-27(31)37-16-24(32)28-20-8-6-7-9-21(20)33-2/h6-15H,16H2,1-5H3,(H,28,32). The summed E-state index contributed by atoms with van der Waals surface area (Å²) in [6.45, 7) is 2.02. The lowest BCUT2D eigenvalue weighted by Gasteiger charge is -2.15. The highest BCUT2D eigenvalue weighted by Gasteiger charge is 2.21. The predicted molar refractivity (Wildman–Crippen MR) is 144 cm³/mol.